The van der Waals surface area contributed by atoms with E-state index < -0.39 is 0 Å². The lowest BCUT2D eigenvalue weighted by molar-refractivity contribution is -0.121. The zero-order valence-electron chi connectivity index (χ0n) is 17.0. The third-order valence-electron chi connectivity index (χ3n) is 4.94. The number of aromatic nitrogens is 4. The standard InChI is InChI=1S/C22H23N5O3/c1-15-18(16(2)27(25-15)14-17-7-4-3-5-8-17)13-23-20(28)10-11-21-24-22(26-30-21)19-9-6-12-29-19/h3-9,12H,10-11,13-14H2,1-2H3,(H,23,28). The van der Waals surface area contributed by atoms with E-state index in [-0.39, 0.29) is 12.3 Å². The number of furan rings is 1. The monoisotopic (exact) mass is 405 g/mol. The topological polar surface area (TPSA) is 99.0 Å². The molecule has 0 radical (unpaired) electrons. The number of aryl methyl sites for hydroxylation is 2. The largest absolute Gasteiger partial charge is 0.461 e. The van der Waals surface area contributed by atoms with Gasteiger partial charge in [-0.05, 0) is 31.5 Å². The van der Waals surface area contributed by atoms with Crippen LogP contribution in [0.3, 0.4) is 0 Å². The Balaban J connectivity index is 1.31. The molecule has 3 aromatic heterocycles. The Labute approximate surface area is 173 Å². The summed E-state index contributed by atoms with van der Waals surface area (Å²) in [4.78, 5) is 16.5. The van der Waals surface area contributed by atoms with Crippen molar-refractivity contribution >= 4 is 5.91 Å². The molecule has 30 heavy (non-hydrogen) atoms. The molecule has 0 aliphatic rings. The van der Waals surface area contributed by atoms with E-state index in [1.165, 1.54) is 5.56 Å². The van der Waals surface area contributed by atoms with Gasteiger partial charge in [-0.1, -0.05) is 35.5 Å². The smallest absolute Gasteiger partial charge is 0.238 e. The van der Waals surface area contributed by atoms with Crippen molar-refractivity contribution in [2.45, 2.75) is 39.8 Å². The van der Waals surface area contributed by atoms with Gasteiger partial charge in [-0.2, -0.15) is 10.1 Å². The summed E-state index contributed by atoms with van der Waals surface area (Å²) in [5, 5.41) is 11.5. The van der Waals surface area contributed by atoms with Crippen molar-refractivity contribution in [2.24, 2.45) is 0 Å². The van der Waals surface area contributed by atoms with Gasteiger partial charge >= 0.3 is 0 Å². The van der Waals surface area contributed by atoms with Gasteiger partial charge in [-0.15, -0.1) is 0 Å². The lowest BCUT2D eigenvalue weighted by atomic mass is 10.2. The zero-order chi connectivity index (χ0) is 20.9. The number of hydrogen-bond acceptors (Lipinski definition) is 6. The number of rotatable bonds is 8. The molecule has 1 N–H and O–H groups in total. The van der Waals surface area contributed by atoms with Crippen molar-refractivity contribution in [1.29, 1.82) is 0 Å². The van der Waals surface area contributed by atoms with Gasteiger partial charge in [0.1, 0.15) is 0 Å². The van der Waals surface area contributed by atoms with Crippen molar-refractivity contribution < 1.29 is 13.7 Å². The lowest BCUT2D eigenvalue weighted by Crippen LogP contribution is -2.23. The van der Waals surface area contributed by atoms with E-state index in [0.717, 1.165) is 17.0 Å². The highest BCUT2D eigenvalue weighted by Gasteiger charge is 2.15. The second-order valence-corrected chi connectivity index (χ2v) is 7.06. The molecule has 8 nitrogen and oxygen atoms in total. The Morgan fingerprint density at radius 3 is 2.73 bits per heavy atom. The van der Waals surface area contributed by atoms with Gasteiger partial charge in [-0.25, -0.2) is 0 Å². The van der Waals surface area contributed by atoms with Crippen LogP contribution in [0.25, 0.3) is 11.6 Å². The van der Waals surface area contributed by atoms with Crippen LogP contribution < -0.4 is 5.32 Å². The van der Waals surface area contributed by atoms with E-state index in [1.807, 2.05) is 36.7 Å². The normalized spacial score (nSPS) is 11.0. The first-order valence-electron chi connectivity index (χ1n) is 9.80. The molecule has 0 bridgehead atoms. The molecular formula is C22H23N5O3. The first-order valence-corrected chi connectivity index (χ1v) is 9.80. The van der Waals surface area contributed by atoms with E-state index in [1.54, 1.807) is 18.4 Å². The highest BCUT2D eigenvalue weighted by atomic mass is 16.5. The van der Waals surface area contributed by atoms with Crippen molar-refractivity contribution in [3.05, 3.63) is 77.1 Å². The minimum Gasteiger partial charge on any atom is -0.461 e. The second kappa shape index (κ2) is 8.77. The summed E-state index contributed by atoms with van der Waals surface area (Å²) < 4.78 is 12.4. The van der Waals surface area contributed by atoms with Crippen LogP contribution in [-0.4, -0.2) is 25.8 Å². The molecule has 4 aromatic rings. The lowest BCUT2D eigenvalue weighted by Gasteiger charge is -2.07. The Morgan fingerprint density at radius 2 is 1.97 bits per heavy atom. The molecule has 0 aliphatic heterocycles. The summed E-state index contributed by atoms with van der Waals surface area (Å²) in [7, 11) is 0. The van der Waals surface area contributed by atoms with Gasteiger partial charge in [0, 0.05) is 30.6 Å². The molecule has 0 saturated heterocycles. The minimum atomic E-state index is -0.0812. The summed E-state index contributed by atoms with van der Waals surface area (Å²) in [6, 6.07) is 13.7. The van der Waals surface area contributed by atoms with Crippen molar-refractivity contribution in [2.75, 3.05) is 0 Å². The molecule has 0 spiro atoms. The molecular weight excluding hydrogens is 382 g/mol. The minimum absolute atomic E-state index is 0.0812. The summed E-state index contributed by atoms with van der Waals surface area (Å²) >= 11 is 0. The second-order valence-electron chi connectivity index (χ2n) is 7.06. The molecule has 1 amide bonds. The molecule has 3 heterocycles. The van der Waals surface area contributed by atoms with Gasteiger partial charge in [0.05, 0.1) is 18.5 Å². The fourth-order valence-corrected chi connectivity index (χ4v) is 3.26. The van der Waals surface area contributed by atoms with Gasteiger partial charge in [0.25, 0.3) is 0 Å². The maximum Gasteiger partial charge on any atom is 0.238 e. The van der Waals surface area contributed by atoms with Crippen LogP contribution >= 0.6 is 0 Å². The predicted molar refractivity (Wildman–Crippen MR) is 109 cm³/mol. The Morgan fingerprint density at radius 1 is 1.13 bits per heavy atom. The first kappa shape index (κ1) is 19.6. The third kappa shape index (κ3) is 4.48. The van der Waals surface area contributed by atoms with Crippen LogP contribution in [0, 0.1) is 13.8 Å². The predicted octanol–water partition coefficient (Wildman–Crippen LogP) is 3.44. The summed E-state index contributed by atoms with van der Waals surface area (Å²) in [5.74, 6) is 1.24. The highest BCUT2D eigenvalue weighted by molar-refractivity contribution is 5.76. The molecule has 1 aromatic carbocycles. The maximum absolute atomic E-state index is 12.3. The summed E-state index contributed by atoms with van der Waals surface area (Å²) in [5.41, 5.74) is 4.20. The van der Waals surface area contributed by atoms with E-state index in [2.05, 4.69) is 32.7 Å². The number of nitrogens with one attached hydrogen (secondary N) is 1. The summed E-state index contributed by atoms with van der Waals surface area (Å²) in [6.07, 6.45) is 2.17. The van der Waals surface area contributed by atoms with Gasteiger partial charge in [0.2, 0.25) is 17.6 Å². The van der Waals surface area contributed by atoms with Crippen LogP contribution in [0.5, 0.6) is 0 Å². The van der Waals surface area contributed by atoms with E-state index in [4.69, 9.17) is 8.94 Å². The van der Waals surface area contributed by atoms with E-state index in [9.17, 15) is 4.79 Å². The number of carbonyl (C=O) groups is 1. The maximum atomic E-state index is 12.3. The van der Waals surface area contributed by atoms with Gasteiger partial charge in [-0.3, -0.25) is 9.48 Å². The first-order chi connectivity index (χ1) is 14.6. The molecule has 8 heteroatoms. The zero-order valence-corrected chi connectivity index (χ0v) is 17.0. The number of nitrogens with zero attached hydrogens (tertiary/aromatic N) is 4. The summed E-state index contributed by atoms with van der Waals surface area (Å²) in [6.45, 7) is 5.13. The van der Waals surface area contributed by atoms with Crippen LogP contribution in [0.4, 0.5) is 0 Å². The number of carbonyl (C=O) groups excluding carboxylic acids is 1. The highest BCUT2D eigenvalue weighted by Crippen LogP contribution is 2.17. The van der Waals surface area contributed by atoms with Crippen LogP contribution in [0.1, 0.15) is 34.8 Å². The molecule has 0 fully saturated rings. The molecule has 0 atom stereocenters. The molecule has 0 aliphatic carbocycles. The fourth-order valence-electron chi connectivity index (χ4n) is 3.26. The molecule has 154 valence electrons. The number of amides is 1. The number of hydrogen-bond donors (Lipinski definition) is 1. The molecule has 0 unspecified atom stereocenters. The SMILES string of the molecule is Cc1nn(Cc2ccccc2)c(C)c1CNC(=O)CCc1nc(-c2ccco2)no1. The van der Waals surface area contributed by atoms with Crippen LogP contribution in [0.2, 0.25) is 0 Å². The Bertz CT molecular complexity index is 1110. The van der Waals surface area contributed by atoms with Crippen LogP contribution in [0.15, 0.2) is 57.7 Å². The van der Waals surface area contributed by atoms with Crippen LogP contribution in [-0.2, 0) is 24.3 Å². The molecule has 4 rings (SSSR count). The van der Waals surface area contributed by atoms with Gasteiger partial charge in [0.15, 0.2) is 5.76 Å². The number of benzene rings is 1. The van der Waals surface area contributed by atoms with Gasteiger partial charge < -0.3 is 14.3 Å². The molecule has 0 saturated carbocycles. The average molecular weight is 405 g/mol. The van der Waals surface area contributed by atoms with Crippen molar-refractivity contribution in [3.8, 4) is 11.6 Å². The fraction of sp³-hybridized carbons (Fsp3) is 0.273. The van der Waals surface area contributed by atoms with Crippen molar-refractivity contribution in [1.82, 2.24) is 25.2 Å². The average Bonchev–Trinajstić information content (AvgIpc) is 3.48. The Hall–Kier alpha value is -3.68. The van der Waals surface area contributed by atoms with Crippen molar-refractivity contribution in [3.63, 3.8) is 0 Å². The Kier molecular flexibility index (Phi) is 5.74. The quantitative estimate of drug-likeness (QED) is 0.482. The van der Waals surface area contributed by atoms with E-state index >= 15 is 0 Å². The van der Waals surface area contributed by atoms with E-state index in [0.29, 0.717) is 37.0 Å². The third-order valence-corrected chi connectivity index (χ3v) is 4.94.